The van der Waals surface area contributed by atoms with Crippen molar-refractivity contribution in [3.8, 4) is 0 Å². The third-order valence-corrected chi connectivity index (χ3v) is 4.75. The number of thioether (sulfide) groups is 1. The van der Waals surface area contributed by atoms with Crippen LogP contribution in [0.3, 0.4) is 0 Å². The van der Waals surface area contributed by atoms with E-state index in [-0.39, 0.29) is 11.3 Å². The normalized spacial score (nSPS) is 11.7. The van der Waals surface area contributed by atoms with Crippen molar-refractivity contribution in [2.75, 3.05) is 17.8 Å². The highest BCUT2D eigenvalue weighted by Crippen LogP contribution is 2.25. The van der Waals surface area contributed by atoms with E-state index in [1.54, 1.807) is 6.07 Å². The molecule has 8 heteroatoms. The fourth-order valence-corrected chi connectivity index (χ4v) is 3.76. The molecule has 106 valence electrons. The number of aromatic nitrogens is 2. The number of hydrogen-bond acceptors (Lipinski definition) is 6. The molecule has 0 unspecified atom stereocenters. The lowest BCUT2D eigenvalue weighted by atomic mass is 10.1. The van der Waals surface area contributed by atoms with Gasteiger partial charge in [-0.15, -0.1) is 11.8 Å². The summed E-state index contributed by atoms with van der Waals surface area (Å²) in [5.74, 6) is -0.557. The van der Waals surface area contributed by atoms with E-state index in [9.17, 15) is 13.2 Å². The number of benzene rings is 1. The van der Waals surface area contributed by atoms with Gasteiger partial charge in [0.05, 0.1) is 16.8 Å². The Kier molecular flexibility index (Phi) is 4.24. The second-order valence-electron chi connectivity index (χ2n) is 4.19. The van der Waals surface area contributed by atoms with Crippen LogP contribution in [-0.4, -0.2) is 47.2 Å². The fourth-order valence-electron chi connectivity index (χ4n) is 1.57. The zero-order valence-corrected chi connectivity index (χ0v) is 12.2. The second-order valence-corrected chi connectivity index (χ2v) is 7.54. The minimum absolute atomic E-state index is 0.0658. The van der Waals surface area contributed by atoms with Gasteiger partial charge in [-0.2, -0.15) is 0 Å². The highest BCUT2D eigenvalue weighted by Gasteiger charge is 2.09. The van der Waals surface area contributed by atoms with Crippen molar-refractivity contribution in [1.82, 2.24) is 9.97 Å². The van der Waals surface area contributed by atoms with Gasteiger partial charge in [0.2, 0.25) is 0 Å². The van der Waals surface area contributed by atoms with Crippen molar-refractivity contribution < 1.29 is 18.3 Å². The standard InChI is InChI=1S/C12H12N2O4S2/c1-20(17,18)5-4-19-11-9-3-2-8(12(15)16)6-10(9)13-7-14-11/h2-3,6-7H,4-5H2,1H3,(H,15,16). The lowest BCUT2D eigenvalue weighted by molar-refractivity contribution is 0.0697. The predicted octanol–water partition coefficient (Wildman–Crippen LogP) is 1.46. The van der Waals surface area contributed by atoms with Crippen LogP contribution in [0.5, 0.6) is 0 Å². The number of carbonyl (C=O) groups is 1. The first kappa shape index (κ1) is 14.7. The van der Waals surface area contributed by atoms with E-state index in [4.69, 9.17) is 5.11 Å². The number of aromatic carboxylic acids is 1. The Labute approximate surface area is 120 Å². The summed E-state index contributed by atoms with van der Waals surface area (Å²) in [5, 5.41) is 10.3. The van der Waals surface area contributed by atoms with E-state index >= 15 is 0 Å². The quantitative estimate of drug-likeness (QED) is 0.659. The van der Waals surface area contributed by atoms with Crippen LogP contribution in [-0.2, 0) is 9.84 Å². The Hall–Kier alpha value is -1.67. The summed E-state index contributed by atoms with van der Waals surface area (Å²) in [6.45, 7) is 0. The lowest BCUT2D eigenvalue weighted by Crippen LogP contribution is -2.05. The molecule has 0 radical (unpaired) electrons. The third kappa shape index (κ3) is 3.67. The molecule has 0 spiro atoms. The van der Waals surface area contributed by atoms with Gasteiger partial charge in [-0.05, 0) is 18.2 Å². The van der Waals surface area contributed by atoms with Crippen molar-refractivity contribution in [2.45, 2.75) is 5.03 Å². The van der Waals surface area contributed by atoms with Gasteiger partial charge in [-0.3, -0.25) is 0 Å². The molecule has 2 aromatic rings. The molecule has 0 amide bonds. The molecule has 0 atom stereocenters. The molecular weight excluding hydrogens is 300 g/mol. The van der Waals surface area contributed by atoms with Crippen LogP contribution < -0.4 is 0 Å². The summed E-state index contributed by atoms with van der Waals surface area (Å²) in [6, 6.07) is 4.59. The molecule has 1 aromatic carbocycles. The highest BCUT2D eigenvalue weighted by atomic mass is 32.2. The Morgan fingerprint density at radius 2 is 2.10 bits per heavy atom. The van der Waals surface area contributed by atoms with Crippen LogP contribution in [0.2, 0.25) is 0 Å². The molecule has 1 aromatic heterocycles. The molecule has 2 rings (SSSR count). The van der Waals surface area contributed by atoms with E-state index in [1.165, 1.54) is 36.5 Å². The van der Waals surface area contributed by atoms with Crippen molar-refractivity contribution >= 4 is 38.5 Å². The number of fused-ring (bicyclic) bond motifs is 1. The Bertz CT molecular complexity index is 759. The molecule has 1 N–H and O–H groups in total. The van der Waals surface area contributed by atoms with Crippen molar-refractivity contribution in [3.63, 3.8) is 0 Å². The zero-order chi connectivity index (χ0) is 14.8. The van der Waals surface area contributed by atoms with Crippen LogP contribution in [0.1, 0.15) is 10.4 Å². The van der Waals surface area contributed by atoms with Crippen LogP contribution >= 0.6 is 11.8 Å². The first-order valence-electron chi connectivity index (χ1n) is 5.65. The van der Waals surface area contributed by atoms with Gasteiger partial charge in [0.25, 0.3) is 0 Å². The first-order chi connectivity index (χ1) is 9.37. The van der Waals surface area contributed by atoms with E-state index in [0.29, 0.717) is 16.3 Å². The third-order valence-electron chi connectivity index (χ3n) is 2.54. The largest absolute Gasteiger partial charge is 0.478 e. The molecule has 6 nitrogen and oxygen atoms in total. The Morgan fingerprint density at radius 3 is 2.75 bits per heavy atom. The smallest absolute Gasteiger partial charge is 0.335 e. The molecule has 1 heterocycles. The van der Waals surface area contributed by atoms with Crippen molar-refractivity contribution in [3.05, 3.63) is 30.1 Å². The molecule has 20 heavy (non-hydrogen) atoms. The van der Waals surface area contributed by atoms with Gasteiger partial charge < -0.3 is 5.11 Å². The van der Waals surface area contributed by atoms with Gasteiger partial charge in [-0.1, -0.05) is 0 Å². The topological polar surface area (TPSA) is 97.2 Å². The van der Waals surface area contributed by atoms with E-state index in [0.717, 1.165) is 5.39 Å². The second kappa shape index (κ2) is 5.76. The highest BCUT2D eigenvalue weighted by molar-refractivity contribution is 8.00. The Balaban J connectivity index is 2.28. The van der Waals surface area contributed by atoms with Crippen LogP contribution in [0.4, 0.5) is 0 Å². The van der Waals surface area contributed by atoms with E-state index in [1.807, 2.05) is 0 Å². The van der Waals surface area contributed by atoms with Gasteiger partial charge in [0, 0.05) is 17.4 Å². The summed E-state index contributed by atoms with van der Waals surface area (Å²) < 4.78 is 22.2. The number of carboxylic acids is 1. The fraction of sp³-hybridized carbons (Fsp3) is 0.250. The van der Waals surface area contributed by atoms with Gasteiger partial charge in [0.15, 0.2) is 0 Å². The molecule has 0 saturated heterocycles. The van der Waals surface area contributed by atoms with E-state index < -0.39 is 15.8 Å². The summed E-state index contributed by atoms with van der Waals surface area (Å²) in [6.07, 6.45) is 2.53. The number of rotatable bonds is 5. The average Bonchev–Trinajstić information content (AvgIpc) is 2.36. The summed E-state index contributed by atoms with van der Waals surface area (Å²) in [7, 11) is -3.01. The average molecular weight is 312 g/mol. The van der Waals surface area contributed by atoms with Crippen molar-refractivity contribution in [2.24, 2.45) is 0 Å². The maximum atomic E-state index is 11.1. The molecule has 0 aliphatic carbocycles. The van der Waals surface area contributed by atoms with Crippen LogP contribution in [0, 0.1) is 0 Å². The number of nitrogens with zero attached hydrogens (tertiary/aromatic N) is 2. The Morgan fingerprint density at radius 1 is 1.35 bits per heavy atom. The van der Waals surface area contributed by atoms with Gasteiger partial charge >= 0.3 is 5.97 Å². The van der Waals surface area contributed by atoms with Gasteiger partial charge in [0.1, 0.15) is 21.2 Å². The molecule has 0 aliphatic rings. The molecule has 0 bridgehead atoms. The monoisotopic (exact) mass is 312 g/mol. The maximum Gasteiger partial charge on any atom is 0.335 e. The van der Waals surface area contributed by atoms with Crippen molar-refractivity contribution in [1.29, 1.82) is 0 Å². The number of hydrogen-bond donors (Lipinski definition) is 1. The van der Waals surface area contributed by atoms with Crippen LogP contribution in [0.25, 0.3) is 10.9 Å². The lowest BCUT2D eigenvalue weighted by Gasteiger charge is -2.05. The SMILES string of the molecule is CS(=O)(=O)CCSc1ncnc2cc(C(=O)O)ccc12. The van der Waals surface area contributed by atoms with Crippen LogP contribution in [0.15, 0.2) is 29.6 Å². The molecule has 0 fully saturated rings. The zero-order valence-electron chi connectivity index (χ0n) is 10.6. The first-order valence-corrected chi connectivity index (χ1v) is 8.70. The summed E-state index contributed by atoms with van der Waals surface area (Å²) >= 11 is 1.31. The summed E-state index contributed by atoms with van der Waals surface area (Å²) in [5.41, 5.74) is 0.685. The predicted molar refractivity (Wildman–Crippen MR) is 76.9 cm³/mol. The number of sulfone groups is 1. The minimum atomic E-state index is -3.01. The minimum Gasteiger partial charge on any atom is -0.478 e. The molecule has 0 aliphatic heterocycles. The maximum absolute atomic E-state index is 11.1. The molecular formula is C12H12N2O4S2. The summed E-state index contributed by atoms with van der Waals surface area (Å²) in [4.78, 5) is 19.0. The molecule has 0 saturated carbocycles. The number of carboxylic acid groups (broad SMARTS) is 1. The van der Waals surface area contributed by atoms with E-state index in [2.05, 4.69) is 9.97 Å². The van der Waals surface area contributed by atoms with Gasteiger partial charge in [-0.25, -0.2) is 23.2 Å².